The molecular weight excluding hydrogens is 420 g/mol. The summed E-state index contributed by atoms with van der Waals surface area (Å²) in [5, 5.41) is 15.7. The van der Waals surface area contributed by atoms with Crippen LogP contribution < -0.4 is 10.0 Å². The van der Waals surface area contributed by atoms with Crippen LogP contribution in [0.5, 0.6) is 0 Å². The molecule has 8 nitrogen and oxygen atoms in total. The van der Waals surface area contributed by atoms with Gasteiger partial charge in [-0.1, -0.05) is 17.4 Å². The average molecular weight is 439 g/mol. The Bertz CT molecular complexity index is 1060. The Hall–Kier alpha value is -2.18. The number of methoxy groups -OCH3 is 1. The molecule has 0 unspecified atom stereocenters. The topological polar surface area (TPSA) is 110 Å². The van der Waals surface area contributed by atoms with Crippen LogP contribution in [-0.4, -0.2) is 44.8 Å². The fourth-order valence-corrected chi connectivity index (χ4v) is 4.80. The molecule has 0 saturated carbocycles. The fourth-order valence-electron chi connectivity index (χ4n) is 2.32. The molecule has 2 heterocycles. The summed E-state index contributed by atoms with van der Waals surface area (Å²) in [6, 6.07) is 6.32. The van der Waals surface area contributed by atoms with E-state index >= 15 is 0 Å². The van der Waals surface area contributed by atoms with E-state index in [1.807, 2.05) is 16.8 Å². The second-order valence-corrected chi connectivity index (χ2v) is 9.27. The molecule has 0 bridgehead atoms. The van der Waals surface area contributed by atoms with Gasteiger partial charge in [0, 0.05) is 30.2 Å². The molecule has 0 aliphatic rings. The first-order valence-electron chi connectivity index (χ1n) is 8.17. The van der Waals surface area contributed by atoms with E-state index in [2.05, 4.69) is 20.2 Å². The largest absolute Gasteiger partial charge is 0.383 e. The summed E-state index contributed by atoms with van der Waals surface area (Å²) in [4.78, 5) is 12.7. The number of ether oxygens (including phenoxy) is 1. The Balaban J connectivity index is 1.78. The number of anilines is 1. The van der Waals surface area contributed by atoms with Crippen molar-refractivity contribution in [3.8, 4) is 10.6 Å². The highest BCUT2D eigenvalue weighted by Crippen LogP contribution is 2.28. The van der Waals surface area contributed by atoms with Gasteiger partial charge in [0.1, 0.15) is 5.01 Å². The highest BCUT2D eigenvalue weighted by Gasteiger charge is 2.19. The number of aromatic nitrogens is 2. The molecule has 3 aromatic rings. The quantitative estimate of drug-likeness (QED) is 0.523. The van der Waals surface area contributed by atoms with Crippen molar-refractivity contribution < 1.29 is 17.9 Å². The number of aryl methyl sites for hydroxylation is 1. The van der Waals surface area contributed by atoms with E-state index < -0.39 is 15.9 Å². The van der Waals surface area contributed by atoms with E-state index in [1.165, 1.54) is 30.6 Å². The number of rotatable bonds is 8. The van der Waals surface area contributed by atoms with Crippen molar-refractivity contribution in [3.05, 3.63) is 46.2 Å². The van der Waals surface area contributed by atoms with Crippen molar-refractivity contribution in [2.24, 2.45) is 0 Å². The average Bonchev–Trinajstić information content (AvgIpc) is 3.33. The molecule has 0 radical (unpaired) electrons. The van der Waals surface area contributed by atoms with E-state index in [0.717, 1.165) is 5.56 Å². The van der Waals surface area contributed by atoms with Gasteiger partial charge in [0.05, 0.1) is 11.5 Å². The standard InChI is InChI=1S/C17H18N4O4S3/c1-11-3-4-13(28(23,24)18-6-7-25-2)9-14(11)15(22)19-17-21-20-16(27-17)12-5-8-26-10-12/h3-5,8-10,18H,6-7H2,1-2H3,(H,19,21,22). The molecule has 1 aromatic carbocycles. The van der Waals surface area contributed by atoms with Crippen molar-refractivity contribution in [2.75, 3.05) is 25.6 Å². The monoisotopic (exact) mass is 438 g/mol. The lowest BCUT2D eigenvalue weighted by Crippen LogP contribution is -2.27. The Morgan fingerprint density at radius 1 is 1.25 bits per heavy atom. The number of nitrogens with zero attached hydrogens (tertiary/aromatic N) is 2. The number of benzene rings is 1. The molecule has 1 amide bonds. The molecule has 148 valence electrons. The smallest absolute Gasteiger partial charge is 0.257 e. The minimum absolute atomic E-state index is 0.00980. The third-order valence-electron chi connectivity index (χ3n) is 3.78. The van der Waals surface area contributed by atoms with Crippen LogP contribution in [0.1, 0.15) is 15.9 Å². The van der Waals surface area contributed by atoms with Gasteiger partial charge in [-0.3, -0.25) is 10.1 Å². The Kier molecular flexibility index (Phi) is 6.52. The van der Waals surface area contributed by atoms with Crippen LogP contribution in [-0.2, 0) is 14.8 Å². The molecular formula is C17H18N4O4S3. The summed E-state index contributed by atoms with van der Waals surface area (Å²) in [6.45, 7) is 2.13. The molecule has 0 aliphatic heterocycles. The van der Waals surface area contributed by atoms with Crippen molar-refractivity contribution in [3.63, 3.8) is 0 Å². The Morgan fingerprint density at radius 3 is 2.79 bits per heavy atom. The van der Waals surface area contributed by atoms with Crippen LogP contribution in [0.2, 0.25) is 0 Å². The van der Waals surface area contributed by atoms with Crippen molar-refractivity contribution in [1.29, 1.82) is 0 Å². The predicted molar refractivity (Wildman–Crippen MR) is 109 cm³/mol. The van der Waals surface area contributed by atoms with Gasteiger partial charge in [-0.15, -0.1) is 10.2 Å². The van der Waals surface area contributed by atoms with Gasteiger partial charge in [-0.25, -0.2) is 13.1 Å². The number of sulfonamides is 1. The van der Waals surface area contributed by atoms with Gasteiger partial charge in [0.25, 0.3) is 5.91 Å². The van der Waals surface area contributed by atoms with E-state index in [1.54, 1.807) is 24.3 Å². The molecule has 28 heavy (non-hydrogen) atoms. The van der Waals surface area contributed by atoms with Crippen molar-refractivity contribution in [1.82, 2.24) is 14.9 Å². The van der Waals surface area contributed by atoms with Crippen LogP contribution in [0.15, 0.2) is 39.9 Å². The number of amides is 1. The zero-order valence-corrected chi connectivity index (χ0v) is 17.6. The van der Waals surface area contributed by atoms with Gasteiger partial charge in [-0.05, 0) is 36.1 Å². The van der Waals surface area contributed by atoms with Crippen LogP contribution in [0.4, 0.5) is 5.13 Å². The highest BCUT2D eigenvalue weighted by molar-refractivity contribution is 7.89. The first-order chi connectivity index (χ1) is 13.4. The zero-order chi connectivity index (χ0) is 20.1. The van der Waals surface area contributed by atoms with Crippen LogP contribution >= 0.6 is 22.7 Å². The van der Waals surface area contributed by atoms with E-state index in [4.69, 9.17) is 4.74 Å². The van der Waals surface area contributed by atoms with E-state index in [0.29, 0.717) is 15.7 Å². The third kappa shape index (κ3) is 4.80. The van der Waals surface area contributed by atoms with Crippen LogP contribution in [0.3, 0.4) is 0 Å². The molecule has 0 aliphatic carbocycles. The predicted octanol–water partition coefficient (Wildman–Crippen LogP) is 2.75. The zero-order valence-electron chi connectivity index (χ0n) is 15.1. The normalized spacial score (nSPS) is 11.5. The summed E-state index contributed by atoms with van der Waals surface area (Å²) >= 11 is 2.80. The lowest BCUT2D eigenvalue weighted by molar-refractivity contribution is 0.102. The highest BCUT2D eigenvalue weighted by atomic mass is 32.2. The maximum absolute atomic E-state index is 12.7. The molecule has 0 fully saturated rings. The van der Waals surface area contributed by atoms with Crippen LogP contribution in [0, 0.1) is 6.92 Å². The SMILES string of the molecule is COCCNS(=O)(=O)c1ccc(C)c(C(=O)Nc2nnc(-c3ccsc3)s2)c1. The number of thiophene rings is 1. The van der Waals surface area contributed by atoms with Gasteiger partial charge in [-0.2, -0.15) is 11.3 Å². The Labute approximate surface area is 170 Å². The van der Waals surface area contributed by atoms with Gasteiger partial charge in [0.2, 0.25) is 15.2 Å². The minimum atomic E-state index is -3.74. The summed E-state index contributed by atoms with van der Waals surface area (Å²) in [7, 11) is -2.25. The molecule has 3 rings (SSSR count). The number of hydrogen-bond donors (Lipinski definition) is 2. The van der Waals surface area contributed by atoms with Crippen LogP contribution in [0.25, 0.3) is 10.6 Å². The molecule has 11 heteroatoms. The Morgan fingerprint density at radius 2 is 2.07 bits per heavy atom. The second kappa shape index (κ2) is 8.88. The first-order valence-corrected chi connectivity index (χ1v) is 11.4. The van der Waals surface area contributed by atoms with Crippen molar-refractivity contribution >= 4 is 43.7 Å². The lowest BCUT2D eigenvalue weighted by atomic mass is 10.1. The number of carbonyl (C=O) groups excluding carboxylic acids is 1. The van der Waals surface area contributed by atoms with E-state index in [9.17, 15) is 13.2 Å². The number of hydrogen-bond acceptors (Lipinski definition) is 8. The number of nitrogens with one attached hydrogen (secondary N) is 2. The second-order valence-electron chi connectivity index (χ2n) is 5.75. The summed E-state index contributed by atoms with van der Waals surface area (Å²) in [5.41, 5.74) is 1.84. The lowest BCUT2D eigenvalue weighted by Gasteiger charge is -2.10. The maximum Gasteiger partial charge on any atom is 0.257 e. The molecule has 2 N–H and O–H groups in total. The summed E-state index contributed by atoms with van der Waals surface area (Å²) in [5.74, 6) is -0.445. The number of carbonyl (C=O) groups is 1. The molecule has 0 atom stereocenters. The van der Waals surface area contributed by atoms with Crippen molar-refractivity contribution in [2.45, 2.75) is 11.8 Å². The van der Waals surface area contributed by atoms with Gasteiger partial charge < -0.3 is 4.74 Å². The first kappa shape index (κ1) is 20.6. The molecule has 0 spiro atoms. The van der Waals surface area contributed by atoms with Gasteiger partial charge >= 0.3 is 0 Å². The third-order valence-corrected chi connectivity index (χ3v) is 6.81. The maximum atomic E-state index is 12.7. The molecule has 2 aromatic heterocycles. The van der Waals surface area contributed by atoms with Gasteiger partial charge in [0.15, 0.2) is 0 Å². The summed E-state index contributed by atoms with van der Waals surface area (Å²) < 4.78 is 32.0. The van der Waals surface area contributed by atoms with E-state index in [-0.39, 0.29) is 23.6 Å². The minimum Gasteiger partial charge on any atom is -0.383 e. The fraction of sp³-hybridized carbons (Fsp3) is 0.235. The molecule has 0 saturated heterocycles. The summed E-state index contributed by atoms with van der Waals surface area (Å²) in [6.07, 6.45) is 0.